The van der Waals surface area contributed by atoms with Crippen LogP contribution in [-0.2, 0) is 6.54 Å². The Bertz CT molecular complexity index is 567. The summed E-state index contributed by atoms with van der Waals surface area (Å²) in [4.78, 5) is 14.5. The molecule has 3 rings (SSSR count). The molecule has 0 spiro atoms. The molecular weight excluding hydrogens is 264 g/mol. The van der Waals surface area contributed by atoms with Gasteiger partial charge in [0.05, 0.1) is 10.2 Å². The molecule has 0 unspecified atom stereocenters. The van der Waals surface area contributed by atoms with Crippen molar-refractivity contribution in [2.75, 3.05) is 24.6 Å². The highest BCUT2D eigenvalue weighted by Crippen LogP contribution is 2.26. The van der Waals surface area contributed by atoms with Crippen LogP contribution in [0.15, 0.2) is 17.5 Å². The van der Waals surface area contributed by atoms with Crippen LogP contribution in [0.3, 0.4) is 0 Å². The molecule has 3 nitrogen and oxygen atoms in total. The lowest BCUT2D eigenvalue weighted by molar-refractivity contribution is 0.0762. The van der Waals surface area contributed by atoms with Crippen LogP contribution in [0.25, 0.3) is 10.2 Å². The lowest BCUT2D eigenvalue weighted by Crippen LogP contribution is -2.38. The van der Waals surface area contributed by atoms with E-state index >= 15 is 0 Å². The van der Waals surface area contributed by atoms with Crippen LogP contribution in [0, 0.1) is 0 Å². The van der Waals surface area contributed by atoms with Crippen molar-refractivity contribution in [2.45, 2.75) is 13.5 Å². The van der Waals surface area contributed by atoms with Crippen molar-refractivity contribution in [3.8, 4) is 0 Å². The zero-order valence-electron chi connectivity index (χ0n) is 10.4. The molecule has 1 saturated heterocycles. The number of nitrogens with zero attached hydrogens (tertiary/aromatic N) is 2. The Morgan fingerprint density at radius 2 is 2.17 bits per heavy atom. The number of fused-ring (bicyclic) bond motifs is 1. The number of aromatic nitrogens is 1. The minimum absolute atomic E-state index is 0.195. The molecule has 0 bridgehead atoms. The van der Waals surface area contributed by atoms with Crippen LogP contribution in [-0.4, -0.2) is 40.0 Å². The third-order valence-corrected chi connectivity index (χ3v) is 5.15. The van der Waals surface area contributed by atoms with Gasteiger partial charge in [0.2, 0.25) is 0 Å². The first kappa shape index (κ1) is 12.1. The predicted molar refractivity (Wildman–Crippen MR) is 78.7 cm³/mol. The van der Waals surface area contributed by atoms with Gasteiger partial charge in [0.25, 0.3) is 5.91 Å². The van der Waals surface area contributed by atoms with E-state index in [4.69, 9.17) is 0 Å². The summed E-state index contributed by atoms with van der Waals surface area (Å²) in [6.07, 6.45) is 0. The van der Waals surface area contributed by atoms with Gasteiger partial charge in [0, 0.05) is 31.1 Å². The van der Waals surface area contributed by atoms with E-state index in [1.165, 1.54) is 10.2 Å². The molecule has 1 fully saturated rings. The average molecular weight is 280 g/mol. The molecule has 0 radical (unpaired) electrons. The Labute approximate surface area is 115 Å². The maximum Gasteiger partial charge on any atom is 0.270 e. The number of aryl methyl sites for hydroxylation is 1. The molecule has 0 aromatic carbocycles. The number of carbonyl (C=O) groups is 1. The number of thioether (sulfide) groups is 1. The van der Waals surface area contributed by atoms with Gasteiger partial charge in [-0.05, 0) is 24.4 Å². The van der Waals surface area contributed by atoms with Crippen LogP contribution in [0.4, 0.5) is 0 Å². The second-order valence-corrected chi connectivity index (χ2v) is 6.52. The molecule has 0 N–H and O–H groups in total. The number of thiophene rings is 1. The second kappa shape index (κ2) is 4.97. The molecule has 2 aromatic heterocycles. The van der Waals surface area contributed by atoms with E-state index in [0.717, 1.165) is 36.8 Å². The summed E-state index contributed by atoms with van der Waals surface area (Å²) < 4.78 is 3.35. The van der Waals surface area contributed by atoms with E-state index in [1.807, 2.05) is 22.7 Å². The Morgan fingerprint density at radius 3 is 2.89 bits per heavy atom. The van der Waals surface area contributed by atoms with Gasteiger partial charge in [-0.1, -0.05) is 0 Å². The SMILES string of the molecule is CCn1c(C(=O)N2CCSCC2)cc2sccc21. The van der Waals surface area contributed by atoms with Crippen molar-refractivity contribution in [3.63, 3.8) is 0 Å². The average Bonchev–Trinajstić information content (AvgIpc) is 2.98. The summed E-state index contributed by atoms with van der Waals surface area (Å²) in [5, 5.41) is 2.09. The van der Waals surface area contributed by atoms with Crippen molar-refractivity contribution in [1.82, 2.24) is 9.47 Å². The van der Waals surface area contributed by atoms with Gasteiger partial charge >= 0.3 is 0 Å². The summed E-state index contributed by atoms with van der Waals surface area (Å²) in [5.74, 6) is 2.32. The summed E-state index contributed by atoms with van der Waals surface area (Å²) in [7, 11) is 0. The van der Waals surface area contributed by atoms with E-state index in [1.54, 1.807) is 11.3 Å². The summed E-state index contributed by atoms with van der Waals surface area (Å²) in [5.41, 5.74) is 2.04. The van der Waals surface area contributed by atoms with Crippen molar-refractivity contribution < 1.29 is 4.79 Å². The molecule has 1 aliphatic heterocycles. The maximum atomic E-state index is 12.5. The van der Waals surface area contributed by atoms with Gasteiger partial charge in [0.1, 0.15) is 5.69 Å². The van der Waals surface area contributed by atoms with Crippen LogP contribution in [0.2, 0.25) is 0 Å². The molecule has 0 atom stereocenters. The van der Waals surface area contributed by atoms with Gasteiger partial charge in [-0.3, -0.25) is 4.79 Å². The standard InChI is InChI=1S/C13H16N2OS2/c1-2-15-10-3-6-18-12(10)9-11(15)13(16)14-4-7-17-8-5-14/h3,6,9H,2,4-5,7-8H2,1H3. The smallest absolute Gasteiger partial charge is 0.270 e. The van der Waals surface area contributed by atoms with E-state index < -0.39 is 0 Å². The Hall–Kier alpha value is -0.940. The minimum Gasteiger partial charge on any atom is -0.336 e. The second-order valence-electron chi connectivity index (χ2n) is 4.35. The highest BCUT2D eigenvalue weighted by Gasteiger charge is 2.22. The van der Waals surface area contributed by atoms with E-state index in [0.29, 0.717) is 0 Å². The lowest BCUT2D eigenvalue weighted by Gasteiger charge is -2.26. The van der Waals surface area contributed by atoms with Crippen molar-refractivity contribution in [1.29, 1.82) is 0 Å². The highest BCUT2D eigenvalue weighted by atomic mass is 32.2. The molecule has 18 heavy (non-hydrogen) atoms. The van der Waals surface area contributed by atoms with Gasteiger partial charge in [0.15, 0.2) is 0 Å². The summed E-state index contributed by atoms with van der Waals surface area (Å²) in [6.45, 7) is 4.71. The summed E-state index contributed by atoms with van der Waals surface area (Å²) >= 11 is 3.64. The minimum atomic E-state index is 0.195. The van der Waals surface area contributed by atoms with Crippen LogP contribution in [0.5, 0.6) is 0 Å². The van der Waals surface area contributed by atoms with Crippen molar-refractivity contribution in [3.05, 3.63) is 23.2 Å². The zero-order chi connectivity index (χ0) is 12.5. The first-order chi connectivity index (χ1) is 8.81. The van der Waals surface area contributed by atoms with Crippen LogP contribution >= 0.6 is 23.1 Å². The molecule has 2 aromatic rings. The Morgan fingerprint density at radius 1 is 1.39 bits per heavy atom. The lowest BCUT2D eigenvalue weighted by atomic mass is 10.3. The van der Waals surface area contributed by atoms with Crippen molar-refractivity contribution >= 4 is 39.2 Å². The van der Waals surface area contributed by atoms with Gasteiger partial charge in [-0.25, -0.2) is 0 Å². The maximum absolute atomic E-state index is 12.5. The highest BCUT2D eigenvalue weighted by molar-refractivity contribution is 7.99. The molecule has 1 amide bonds. The Kier molecular flexibility index (Phi) is 3.35. The molecule has 0 saturated carbocycles. The van der Waals surface area contributed by atoms with Gasteiger partial charge in [-0.2, -0.15) is 11.8 Å². The quantitative estimate of drug-likeness (QED) is 0.845. The van der Waals surface area contributed by atoms with E-state index in [9.17, 15) is 4.79 Å². The number of hydrogen-bond donors (Lipinski definition) is 0. The number of amides is 1. The molecule has 1 aliphatic rings. The van der Waals surface area contributed by atoms with Crippen LogP contribution < -0.4 is 0 Å². The third-order valence-electron chi connectivity index (χ3n) is 3.36. The monoisotopic (exact) mass is 280 g/mol. The normalized spacial score (nSPS) is 16.4. The number of carbonyl (C=O) groups excluding carboxylic acids is 1. The third kappa shape index (κ3) is 1.95. The fraction of sp³-hybridized carbons (Fsp3) is 0.462. The fourth-order valence-corrected chi connectivity index (χ4v) is 4.15. The first-order valence-corrected chi connectivity index (χ1v) is 8.28. The predicted octanol–water partition coefficient (Wildman–Crippen LogP) is 2.91. The molecule has 3 heterocycles. The fourth-order valence-electron chi connectivity index (χ4n) is 2.42. The topological polar surface area (TPSA) is 25.2 Å². The molecule has 0 aliphatic carbocycles. The molecule has 96 valence electrons. The van der Waals surface area contributed by atoms with E-state index in [2.05, 4.69) is 22.9 Å². The number of rotatable bonds is 2. The zero-order valence-corrected chi connectivity index (χ0v) is 12.0. The number of hydrogen-bond acceptors (Lipinski definition) is 3. The van der Waals surface area contributed by atoms with Crippen molar-refractivity contribution in [2.24, 2.45) is 0 Å². The molecular formula is C13H16N2OS2. The first-order valence-electron chi connectivity index (χ1n) is 6.25. The van der Waals surface area contributed by atoms with E-state index in [-0.39, 0.29) is 5.91 Å². The van der Waals surface area contributed by atoms with Crippen LogP contribution in [0.1, 0.15) is 17.4 Å². The van der Waals surface area contributed by atoms with Gasteiger partial charge < -0.3 is 9.47 Å². The summed E-state index contributed by atoms with van der Waals surface area (Å²) in [6, 6.07) is 4.15. The largest absolute Gasteiger partial charge is 0.336 e. The Balaban J connectivity index is 1.97. The molecule has 5 heteroatoms. The van der Waals surface area contributed by atoms with Gasteiger partial charge in [-0.15, -0.1) is 11.3 Å².